The number of benzene rings is 2. The second kappa shape index (κ2) is 19.7. The van der Waals surface area contributed by atoms with Gasteiger partial charge < -0.3 is 19.3 Å². The molecule has 0 spiro atoms. The number of hydrogen-bond donors (Lipinski definition) is 1. The Morgan fingerprint density at radius 2 is 1.41 bits per heavy atom. The molecule has 1 N–H and O–H groups in total. The molecule has 1 heterocycles. The number of esters is 2. The fourth-order valence-corrected chi connectivity index (χ4v) is 4.10. The summed E-state index contributed by atoms with van der Waals surface area (Å²) in [6.07, 6.45) is 0.219. The number of ether oxygens (including phenoxy) is 3. The summed E-state index contributed by atoms with van der Waals surface area (Å²) in [5, 5.41) is 10.2. The SMILES string of the molecule is CO.COC.COC(=O)CC(=O)CSc1ccccc1.COC(=O)Cc1csc2ccccc12. The number of ketones is 1. The number of thiophene rings is 1. The summed E-state index contributed by atoms with van der Waals surface area (Å²) in [5.41, 5.74) is 1.05. The average Bonchev–Trinajstić information content (AvgIpc) is 3.28. The number of thioether (sulfide) groups is 1. The van der Waals surface area contributed by atoms with Crippen LogP contribution in [0.1, 0.15) is 12.0 Å². The van der Waals surface area contributed by atoms with Crippen molar-refractivity contribution in [3.8, 4) is 0 Å². The van der Waals surface area contributed by atoms with Gasteiger partial charge >= 0.3 is 11.9 Å². The Morgan fingerprint density at radius 1 is 0.853 bits per heavy atom. The molecule has 3 aromatic rings. The number of rotatable bonds is 7. The Hall–Kier alpha value is -2.72. The number of aliphatic hydroxyl groups excluding tert-OH is 1. The van der Waals surface area contributed by atoms with E-state index >= 15 is 0 Å². The van der Waals surface area contributed by atoms with Gasteiger partial charge in [-0.05, 0) is 34.5 Å². The molecule has 9 heteroatoms. The molecule has 0 aliphatic heterocycles. The third-order valence-electron chi connectivity index (χ3n) is 3.84. The van der Waals surface area contributed by atoms with Crippen molar-refractivity contribution in [2.45, 2.75) is 17.7 Å². The topological polar surface area (TPSA) is 99.1 Å². The van der Waals surface area contributed by atoms with Gasteiger partial charge in [-0.25, -0.2) is 0 Å². The summed E-state index contributed by atoms with van der Waals surface area (Å²) in [5.74, 6) is -0.475. The zero-order valence-electron chi connectivity index (χ0n) is 20.1. The van der Waals surface area contributed by atoms with Crippen LogP contribution in [0.5, 0.6) is 0 Å². The summed E-state index contributed by atoms with van der Waals surface area (Å²) in [4.78, 5) is 34.2. The molecule has 7 nitrogen and oxygen atoms in total. The largest absolute Gasteiger partial charge is 0.469 e. The molecule has 0 aliphatic carbocycles. The van der Waals surface area contributed by atoms with E-state index in [9.17, 15) is 14.4 Å². The molecule has 0 radical (unpaired) electrons. The van der Waals surface area contributed by atoms with E-state index in [4.69, 9.17) is 5.11 Å². The standard InChI is InChI=1S/C11H12O3S.C11H10O2S.C2H6O.CH4O/c1-14-11(13)7-9(12)8-15-10-5-3-2-4-6-10;1-13-11(12)6-8-7-14-10-5-3-2-4-9(8)10;1-3-2;1-2/h2-6H,7-8H2,1H3;2-5,7H,6H2,1H3;1-2H3;2H,1H3. The highest BCUT2D eigenvalue weighted by atomic mass is 32.2. The summed E-state index contributed by atoms with van der Waals surface area (Å²) in [7, 11) is 6.94. The van der Waals surface area contributed by atoms with Crippen molar-refractivity contribution in [1.82, 2.24) is 0 Å². The van der Waals surface area contributed by atoms with Gasteiger partial charge in [0.1, 0.15) is 6.42 Å². The lowest BCUT2D eigenvalue weighted by Gasteiger charge is -2.00. The number of methoxy groups -OCH3 is 3. The average molecular weight is 509 g/mol. The minimum atomic E-state index is -0.478. The first-order chi connectivity index (χ1) is 16.4. The van der Waals surface area contributed by atoms with E-state index in [-0.39, 0.29) is 18.2 Å². The third-order valence-corrected chi connectivity index (χ3v) is 5.92. The first-order valence-electron chi connectivity index (χ1n) is 10.1. The molecule has 0 saturated heterocycles. The highest BCUT2D eigenvalue weighted by molar-refractivity contribution is 8.00. The normalized spacial score (nSPS) is 9.24. The van der Waals surface area contributed by atoms with Gasteiger partial charge in [0, 0.05) is 30.9 Å². The van der Waals surface area contributed by atoms with Crippen LogP contribution >= 0.6 is 23.1 Å². The highest BCUT2D eigenvalue weighted by Crippen LogP contribution is 2.26. The quantitative estimate of drug-likeness (QED) is 0.285. The number of fused-ring (bicyclic) bond motifs is 1. The molecule has 0 aliphatic rings. The van der Waals surface area contributed by atoms with Crippen LogP contribution < -0.4 is 0 Å². The van der Waals surface area contributed by atoms with Crippen molar-refractivity contribution in [2.75, 3.05) is 41.3 Å². The number of carbonyl (C=O) groups excluding carboxylic acids is 3. The van der Waals surface area contributed by atoms with Gasteiger partial charge in [0.2, 0.25) is 0 Å². The lowest BCUT2D eigenvalue weighted by molar-refractivity contribution is -0.143. The van der Waals surface area contributed by atoms with Gasteiger partial charge in [0.15, 0.2) is 5.78 Å². The summed E-state index contributed by atoms with van der Waals surface area (Å²) in [6.45, 7) is 0. The predicted octanol–water partition coefficient (Wildman–Crippen LogP) is 4.40. The van der Waals surface area contributed by atoms with Crippen LogP contribution in [0, 0.1) is 0 Å². The minimum absolute atomic E-state index is 0.115. The smallest absolute Gasteiger partial charge is 0.313 e. The van der Waals surface area contributed by atoms with Crippen LogP contribution in [0.4, 0.5) is 0 Å². The van der Waals surface area contributed by atoms with Gasteiger partial charge in [-0.2, -0.15) is 0 Å². The Bertz CT molecular complexity index is 972. The van der Waals surface area contributed by atoms with Crippen LogP contribution in [0.3, 0.4) is 0 Å². The van der Waals surface area contributed by atoms with E-state index < -0.39 is 5.97 Å². The molecule has 2 aromatic carbocycles. The molecule has 34 heavy (non-hydrogen) atoms. The Morgan fingerprint density at radius 3 is 2.00 bits per heavy atom. The van der Waals surface area contributed by atoms with Crippen molar-refractivity contribution in [3.63, 3.8) is 0 Å². The van der Waals surface area contributed by atoms with E-state index in [0.29, 0.717) is 12.2 Å². The third kappa shape index (κ3) is 13.1. The van der Waals surface area contributed by atoms with Crippen LogP contribution in [-0.4, -0.2) is 64.1 Å². The van der Waals surface area contributed by atoms with E-state index in [1.54, 1.807) is 25.6 Å². The second-order valence-electron chi connectivity index (χ2n) is 6.31. The zero-order chi connectivity index (χ0) is 25.8. The molecule has 3 rings (SSSR count). The Labute approximate surface area is 209 Å². The van der Waals surface area contributed by atoms with Gasteiger partial charge in [-0.3, -0.25) is 14.4 Å². The zero-order valence-corrected chi connectivity index (χ0v) is 21.7. The van der Waals surface area contributed by atoms with Crippen LogP contribution in [-0.2, 0) is 35.0 Å². The molecule has 0 amide bonds. The molecule has 1 aromatic heterocycles. The monoisotopic (exact) mass is 508 g/mol. The maximum absolute atomic E-state index is 11.3. The van der Waals surface area contributed by atoms with Crippen molar-refractivity contribution in [2.24, 2.45) is 0 Å². The molecule has 0 saturated carbocycles. The number of hydrogen-bond acceptors (Lipinski definition) is 9. The van der Waals surface area contributed by atoms with Gasteiger partial charge in [0.05, 0.1) is 26.4 Å². The van der Waals surface area contributed by atoms with Crippen LogP contribution in [0.2, 0.25) is 0 Å². The fourth-order valence-electron chi connectivity index (χ4n) is 2.36. The first-order valence-corrected chi connectivity index (χ1v) is 11.9. The molecule has 186 valence electrons. The van der Waals surface area contributed by atoms with Crippen LogP contribution in [0.25, 0.3) is 10.1 Å². The summed E-state index contributed by atoms with van der Waals surface area (Å²) in [6, 6.07) is 17.7. The van der Waals surface area contributed by atoms with Gasteiger partial charge in [-0.15, -0.1) is 23.1 Å². The van der Waals surface area contributed by atoms with Crippen molar-refractivity contribution < 1.29 is 33.7 Å². The van der Waals surface area contributed by atoms with E-state index in [1.165, 1.54) is 30.7 Å². The Kier molecular flexibility index (Phi) is 18.1. The van der Waals surface area contributed by atoms with Crippen LogP contribution in [0.15, 0.2) is 64.9 Å². The lowest BCUT2D eigenvalue weighted by atomic mass is 10.1. The van der Waals surface area contributed by atoms with Gasteiger partial charge in [-0.1, -0.05) is 36.4 Å². The van der Waals surface area contributed by atoms with Crippen molar-refractivity contribution >= 4 is 50.9 Å². The molecule has 0 bridgehead atoms. The number of aliphatic hydroxyl groups is 1. The van der Waals surface area contributed by atoms with E-state index in [1.807, 2.05) is 53.9 Å². The maximum atomic E-state index is 11.3. The minimum Gasteiger partial charge on any atom is -0.469 e. The molecular weight excluding hydrogens is 476 g/mol. The van der Waals surface area contributed by atoms with E-state index in [2.05, 4.69) is 20.3 Å². The Balaban J connectivity index is 0.000000540. The second-order valence-corrected chi connectivity index (χ2v) is 8.27. The first kappa shape index (κ1) is 31.3. The molecule has 0 fully saturated rings. The molecular formula is C25H32O7S2. The van der Waals surface area contributed by atoms with E-state index in [0.717, 1.165) is 23.0 Å². The highest BCUT2D eigenvalue weighted by Gasteiger charge is 2.09. The van der Waals surface area contributed by atoms with Gasteiger partial charge in [0.25, 0.3) is 0 Å². The van der Waals surface area contributed by atoms with Crippen molar-refractivity contribution in [3.05, 3.63) is 65.5 Å². The maximum Gasteiger partial charge on any atom is 0.313 e. The summed E-state index contributed by atoms with van der Waals surface area (Å²) >= 11 is 3.08. The number of Topliss-reactive ketones (excluding diaryl/α,β-unsaturated/α-hetero) is 1. The predicted molar refractivity (Wildman–Crippen MR) is 137 cm³/mol. The summed E-state index contributed by atoms with van der Waals surface area (Å²) < 4.78 is 14.5. The fraction of sp³-hybridized carbons (Fsp3) is 0.320. The lowest BCUT2D eigenvalue weighted by Crippen LogP contribution is -2.10. The van der Waals surface area contributed by atoms with Crippen molar-refractivity contribution in [1.29, 1.82) is 0 Å². The molecule has 0 atom stereocenters. The number of carbonyl (C=O) groups is 3. The molecule has 0 unspecified atom stereocenters.